The van der Waals surface area contributed by atoms with Crippen LogP contribution >= 0.6 is 23.2 Å². The van der Waals surface area contributed by atoms with Gasteiger partial charge in [0.05, 0.1) is 5.88 Å². The van der Waals surface area contributed by atoms with Gasteiger partial charge < -0.3 is 4.74 Å². The van der Waals surface area contributed by atoms with Gasteiger partial charge in [-0.1, -0.05) is 11.6 Å². The molecule has 1 aromatic rings. The van der Waals surface area contributed by atoms with E-state index in [4.69, 9.17) is 27.9 Å². The highest BCUT2D eigenvalue weighted by Gasteiger charge is 2.00. The Kier molecular flexibility index (Phi) is 3.70. The third-order valence-corrected chi connectivity index (χ3v) is 2.05. The van der Waals surface area contributed by atoms with Gasteiger partial charge in [-0.05, 0) is 31.2 Å². The van der Waals surface area contributed by atoms with Crippen LogP contribution in [0, 0.1) is 0 Å². The van der Waals surface area contributed by atoms with Crippen LogP contribution in [-0.2, 0) is 0 Å². The lowest BCUT2D eigenvalue weighted by Crippen LogP contribution is -2.12. The van der Waals surface area contributed by atoms with Gasteiger partial charge in [0.15, 0.2) is 0 Å². The van der Waals surface area contributed by atoms with Crippen molar-refractivity contribution in [3.05, 3.63) is 29.3 Å². The molecule has 0 bridgehead atoms. The summed E-state index contributed by atoms with van der Waals surface area (Å²) < 4.78 is 5.43. The van der Waals surface area contributed by atoms with Gasteiger partial charge in [-0.15, -0.1) is 11.6 Å². The third kappa shape index (κ3) is 2.92. The number of rotatable bonds is 3. The van der Waals surface area contributed by atoms with Gasteiger partial charge in [0, 0.05) is 5.02 Å². The topological polar surface area (TPSA) is 9.23 Å². The standard InChI is InChI=1S/C9H10Cl2O/c1-7(6-10)12-9-4-2-8(11)3-5-9/h2-5,7H,6H2,1H3. The van der Waals surface area contributed by atoms with Crippen molar-refractivity contribution >= 4 is 23.2 Å². The Labute approximate surface area is 82.2 Å². The lowest BCUT2D eigenvalue weighted by atomic mass is 10.3. The number of hydrogen-bond acceptors (Lipinski definition) is 1. The minimum atomic E-state index is 0.0350. The highest BCUT2D eigenvalue weighted by atomic mass is 35.5. The van der Waals surface area contributed by atoms with Crippen molar-refractivity contribution in [2.45, 2.75) is 13.0 Å². The smallest absolute Gasteiger partial charge is 0.119 e. The molecule has 1 unspecified atom stereocenters. The van der Waals surface area contributed by atoms with E-state index in [9.17, 15) is 0 Å². The molecule has 0 aromatic heterocycles. The van der Waals surface area contributed by atoms with Crippen LogP contribution in [0.25, 0.3) is 0 Å². The first-order valence-corrected chi connectivity index (χ1v) is 4.62. The molecular weight excluding hydrogens is 195 g/mol. The fourth-order valence-electron chi connectivity index (χ4n) is 0.777. The Balaban J connectivity index is 2.58. The summed E-state index contributed by atoms with van der Waals surface area (Å²) in [6.07, 6.45) is 0.0350. The summed E-state index contributed by atoms with van der Waals surface area (Å²) in [5.74, 6) is 1.29. The Morgan fingerprint density at radius 1 is 1.33 bits per heavy atom. The Hall–Kier alpha value is -0.400. The maximum atomic E-state index is 5.70. The number of halogens is 2. The highest BCUT2D eigenvalue weighted by molar-refractivity contribution is 6.30. The minimum absolute atomic E-state index is 0.0350. The second-order valence-corrected chi connectivity index (χ2v) is 3.28. The fourth-order valence-corrected chi connectivity index (χ4v) is 0.966. The van der Waals surface area contributed by atoms with Gasteiger partial charge in [-0.3, -0.25) is 0 Å². The van der Waals surface area contributed by atoms with Crippen molar-refractivity contribution < 1.29 is 4.74 Å². The molecule has 0 aliphatic heterocycles. The first-order chi connectivity index (χ1) is 5.72. The van der Waals surface area contributed by atoms with Gasteiger partial charge in [-0.2, -0.15) is 0 Å². The second-order valence-electron chi connectivity index (χ2n) is 2.54. The minimum Gasteiger partial charge on any atom is -0.489 e. The molecule has 1 nitrogen and oxygen atoms in total. The van der Waals surface area contributed by atoms with Gasteiger partial charge in [0.1, 0.15) is 11.9 Å². The van der Waals surface area contributed by atoms with Gasteiger partial charge in [0.2, 0.25) is 0 Å². The molecule has 1 rings (SSSR count). The Morgan fingerprint density at radius 3 is 2.42 bits per heavy atom. The van der Waals surface area contributed by atoms with Gasteiger partial charge >= 0.3 is 0 Å². The predicted molar refractivity (Wildman–Crippen MR) is 52.3 cm³/mol. The first-order valence-electron chi connectivity index (χ1n) is 3.70. The zero-order chi connectivity index (χ0) is 8.97. The maximum Gasteiger partial charge on any atom is 0.119 e. The number of alkyl halides is 1. The average Bonchev–Trinajstić information content (AvgIpc) is 2.09. The van der Waals surface area contributed by atoms with Crippen LogP contribution in [0.2, 0.25) is 5.02 Å². The van der Waals surface area contributed by atoms with Crippen LogP contribution in [0.4, 0.5) is 0 Å². The molecule has 1 aromatic carbocycles. The summed E-state index contributed by atoms with van der Waals surface area (Å²) in [6, 6.07) is 7.23. The SMILES string of the molecule is CC(CCl)Oc1ccc(Cl)cc1. The molecule has 0 fully saturated rings. The summed E-state index contributed by atoms with van der Waals surface area (Å²) in [6.45, 7) is 1.92. The number of benzene rings is 1. The van der Waals surface area contributed by atoms with Crippen LogP contribution in [0.1, 0.15) is 6.92 Å². The van der Waals surface area contributed by atoms with Crippen molar-refractivity contribution in [3.8, 4) is 5.75 Å². The summed E-state index contributed by atoms with van der Waals surface area (Å²) in [7, 11) is 0. The highest BCUT2D eigenvalue weighted by Crippen LogP contribution is 2.16. The summed E-state index contributed by atoms with van der Waals surface area (Å²) >= 11 is 11.3. The van der Waals surface area contributed by atoms with E-state index in [-0.39, 0.29) is 6.10 Å². The zero-order valence-corrected chi connectivity index (χ0v) is 8.27. The molecule has 0 spiro atoms. The molecule has 1 atom stereocenters. The number of hydrogen-bond donors (Lipinski definition) is 0. The van der Waals surface area contributed by atoms with Crippen molar-refractivity contribution in [3.63, 3.8) is 0 Å². The van der Waals surface area contributed by atoms with Crippen LogP contribution < -0.4 is 4.74 Å². The average molecular weight is 205 g/mol. The van der Waals surface area contributed by atoms with Crippen LogP contribution in [0.5, 0.6) is 5.75 Å². The van der Waals surface area contributed by atoms with Crippen LogP contribution in [0.3, 0.4) is 0 Å². The molecule has 3 heteroatoms. The zero-order valence-electron chi connectivity index (χ0n) is 6.76. The normalized spacial score (nSPS) is 12.6. The predicted octanol–water partition coefficient (Wildman–Crippen LogP) is 3.35. The quantitative estimate of drug-likeness (QED) is 0.687. The van der Waals surface area contributed by atoms with Crippen molar-refractivity contribution in [2.75, 3.05) is 5.88 Å². The van der Waals surface area contributed by atoms with E-state index in [1.54, 1.807) is 12.1 Å². The molecule has 12 heavy (non-hydrogen) atoms. The molecule has 0 N–H and O–H groups in total. The molecular formula is C9H10Cl2O. The third-order valence-electron chi connectivity index (χ3n) is 1.37. The monoisotopic (exact) mass is 204 g/mol. The maximum absolute atomic E-state index is 5.70. The van der Waals surface area contributed by atoms with E-state index in [1.165, 1.54) is 0 Å². The van der Waals surface area contributed by atoms with Crippen LogP contribution in [0.15, 0.2) is 24.3 Å². The molecule has 0 saturated heterocycles. The van der Waals surface area contributed by atoms with E-state index in [0.29, 0.717) is 10.9 Å². The van der Waals surface area contributed by atoms with E-state index in [0.717, 1.165) is 5.75 Å². The molecule has 0 heterocycles. The van der Waals surface area contributed by atoms with E-state index in [2.05, 4.69) is 0 Å². The molecule has 0 aliphatic rings. The lowest BCUT2D eigenvalue weighted by Gasteiger charge is -2.10. The molecule has 0 saturated carbocycles. The molecule has 66 valence electrons. The van der Waals surface area contributed by atoms with Crippen LogP contribution in [-0.4, -0.2) is 12.0 Å². The Bertz CT molecular complexity index is 233. The van der Waals surface area contributed by atoms with E-state index >= 15 is 0 Å². The van der Waals surface area contributed by atoms with Gasteiger partial charge in [-0.25, -0.2) is 0 Å². The van der Waals surface area contributed by atoms with E-state index in [1.807, 2.05) is 19.1 Å². The van der Waals surface area contributed by atoms with Gasteiger partial charge in [0.25, 0.3) is 0 Å². The van der Waals surface area contributed by atoms with E-state index < -0.39 is 0 Å². The molecule has 0 amide bonds. The number of ether oxygens (including phenoxy) is 1. The summed E-state index contributed by atoms with van der Waals surface area (Å²) in [4.78, 5) is 0. The van der Waals surface area contributed by atoms with Crippen molar-refractivity contribution in [1.29, 1.82) is 0 Å². The molecule has 0 aliphatic carbocycles. The molecule has 0 radical (unpaired) electrons. The first kappa shape index (κ1) is 9.69. The largest absolute Gasteiger partial charge is 0.489 e. The lowest BCUT2D eigenvalue weighted by molar-refractivity contribution is 0.245. The second kappa shape index (κ2) is 4.58. The summed E-state index contributed by atoms with van der Waals surface area (Å²) in [5.41, 5.74) is 0. The van der Waals surface area contributed by atoms with Crippen molar-refractivity contribution in [2.24, 2.45) is 0 Å². The summed E-state index contributed by atoms with van der Waals surface area (Å²) in [5, 5.41) is 0.709. The Morgan fingerprint density at radius 2 is 1.92 bits per heavy atom. The fraction of sp³-hybridized carbons (Fsp3) is 0.333. The van der Waals surface area contributed by atoms with Crippen molar-refractivity contribution in [1.82, 2.24) is 0 Å².